The number of hydrogen-bond donors (Lipinski definition) is 1. The first-order valence-electron chi connectivity index (χ1n) is 7.20. The Bertz CT molecular complexity index is 768. The first kappa shape index (κ1) is 15.5. The van der Waals surface area contributed by atoms with Crippen LogP contribution in [0.5, 0.6) is 0 Å². The predicted octanol–water partition coefficient (Wildman–Crippen LogP) is 3.41. The van der Waals surface area contributed by atoms with Gasteiger partial charge in [-0.05, 0) is 37.0 Å². The first-order chi connectivity index (χ1) is 10.9. The van der Waals surface area contributed by atoms with Crippen LogP contribution in [0, 0.1) is 5.92 Å². The smallest absolute Gasteiger partial charge is 0.323 e. The summed E-state index contributed by atoms with van der Waals surface area (Å²) in [6.45, 7) is 2.07. The first-order valence-corrected chi connectivity index (χ1v) is 7.20. The van der Waals surface area contributed by atoms with Crippen molar-refractivity contribution in [1.82, 2.24) is 10.2 Å². The van der Waals surface area contributed by atoms with Gasteiger partial charge in [0.15, 0.2) is 0 Å². The molecule has 23 heavy (non-hydrogen) atoms. The number of rotatable bonds is 1. The van der Waals surface area contributed by atoms with Crippen molar-refractivity contribution in [3.05, 3.63) is 47.2 Å². The molecule has 1 aliphatic rings. The quantitative estimate of drug-likeness (QED) is 0.647. The summed E-state index contributed by atoms with van der Waals surface area (Å²) >= 11 is 0. The maximum Gasteiger partial charge on any atom is 0.416 e. The van der Waals surface area contributed by atoms with Gasteiger partial charge >= 0.3 is 6.18 Å². The summed E-state index contributed by atoms with van der Waals surface area (Å²) in [4.78, 5) is 0. The molecule has 0 saturated carbocycles. The van der Waals surface area contributed by atoms with E-state index < -0.39 is 11.7 Å². The van der Waals surface area contributed by atoms with Crippen LogP contribution in [0.3, 0.4) is 0 Å². The summed E-state index contributed by atoms with van der Waals surface area (Å²) in [6, 6.07) is 6.76. The highest BCUT2D eigenvalue weighted by Gasteiger charge is 2.30. The van der Waals surface area contributed by atoms with Crippen molar-refractivity contribution in [2.24, 2.45) is 16.9 Å². The Labute approximate surface area is 131 Å². The number of alkyl halides is 3. The molecule has 0 amide bonds. The molecule has 7 heteroatoms. The van der Waals surface area contributed by atoms with Gasteiger partial charge in [-0.2, -0.15) is 28.5 Å². The zero-order valence-corrected chi connectivity index (χ0v) is 12.4. The Morgan fingerprint density at radius 2 is 1.96 bits per heavy atom. The van der Waals surface area contributed by atoms with Crippen molar-refractivity contribution in [1.29, 1.82) is 0 Å². The summed E-state index contributed by atoms with van der Waals surface area (Å²) in [5, 5.41) is 12.0. The molecule has 2 N–H and O–H groups in total. The molecule has 0 saturated heterocycles. The monoisotopic (exact) mass is 320 g/mol. The molecule has 0 bridgehead atoms. The largest absolute Gasteiger partial charge is 0.416 e. The molecule has 4 nitrogen and oxygen atoms in total. The van der Waals surface area contributed by atoms with E-state index in [2.05, 4.69) is 22.2 Å². The van der Waals surface area contributed by atoms with Crippen molar-refractivity contribution >= 4 is 5.71 Å². The second kappa shape index (κ2) is 5.64. The third-order valence-electron chi connectivity index (χ3n) is 3.91. The number of nitrogens with zero attached hydrogens (tertiary/aromatic N) is 3. The SMILES string of the molecule is CC1C/C(=N/N)c2cc(-c3cccc(C(F)(F)F)c3)nnc2C1. The maximum atomic E-state index is 12.8. The average Bonchev–Trinajstić information content (AvgIpc) is 2.53. The average molecular weight is 320 g/mol. The molecule has 3 rings (SSSR count). The molecule has 1 aromatic carbocycles. The van der Waals surface area contributed by atoms with Crippen molar-refractivity contribution in [3.8, 4) is 11.3 Å². The van der Waals surface area contributed by atoms with Gasteiger partial charge in [-0.1, -0.05) is 19.1 Å². The molecule has 1 unspecified atom stereocenters. The third-order valence-corrected chi connectivity index (χ3v) is 3.91. The Morgan fingerprint density at radius 1 is 1.17 bits per heavy atom. The van der Waals surface area contributed by atoms with E-state index in [4.69, 9.17) is 5.84 Å². The zero-order chi connectivity index (χ0) is 16.6. The fraction of sp³-hybridized carbons (Fsp3) is 0.312. The lowest BCUT2D eigenvalue weighted by Crippen LogP contribution is -2.22. The predicted molar refractivity (Wildman–Crippen MR) is 80.7 cm³/mol. The summed E-state index contributed by atoms with van der Waals surface area (Å²) in [5.74, 6) is 5.80. The molecule has 1 heterocycles. The molecular weight excluding hydrogens is 305 g/mol. The lowest BCUT2D eigenvalue weighted by molar-refractivity contribution is -0.137. The maximum absolute atomic E-state index is 12.8. The van der Waals surface area contributed by atoms with Crippen molar-refractivity contribution < 1.29 is 13.2 Å². The van der Waals surface area contributed by atoms with E-state index in [0.29, 0.717) is 22.9 Å². The summed E-state index contributed by atoms with van der Waals surface area (Å²) in [5.41, 5.74) is 2.30. The molecule has 2 aromatic rings. The molecule has 0 aliphatic heterocycles. The minimum atomic E-state index is -4.39. The van der Waals surface area contributed by atoms with E-state index in [1.54, 1.807) is 12.1 Å². The lowest BCUT2D eigenvalue weighted by atomic mass is 9.86. The fourth-order valence-electron chi connectivity index (χ4n) is 2.78. The van der Waals surface area contributed by atoms with Gasteiger partial charge < -0.3 is 5.84 Å². The number of fused-ring (bicyclic) bond motifs is 1. The number of aromatic nitrogens is 2. The standard InChI is InChI=1S/C16H15F3N4/c1-9-5-14(21-20)12-8-13(22-23-15(12)6-9)10-3-2-4-11(7-10)16(17,18)19/h2-4,7-9H,5-6,20H2,1H3/b21-14-. The van der Waals surface area contributed by atoms with Crippen LogP contribution >= 0.6 is 0 Å². The molecule has 0 radical (unpaired) electrons. The van der Waals surface area contributed by atoms with Crippen molar-refractivity contribution in [3.63, 3.8) is 0 Å². The summed E-state index contributed by atoms with van der Waals surface area (Å²) in [7, 11) is 0. The van der Waals surface area contributed by atoms with Gasteiger partial charge in [-0.25, -0.2) is 0 Å². The topological polar surface area (TPSA) is 64.2 Å². The number of hydrazone groups is 1. The van der Waals surface area contributed by atoms with Crippen molar-refractivity contribution in [2.45, 2.75) is 25.9 Å². The summed E-state index contributed by atoms with van der Waals surface area (Å²) < 4.78 is 38.5. The number of nitrogens with two attached hydrogens (primary N) is 1. The van der Waals surface area contributed by atoms with E-state index in [1.165, 1.54) is 6.07 Å². The second-order valence-electron chi connectivity index (χ2n) is 5.76. The van der Waals surface area contributed by atoms with Crippen LogP contribution in [-0.2, 0) is 12.6 Å². The molecule has 0 spiro atoms. The Kier molecular flexibility index (Phi) is 3.79. The van der Waals surface area contributed by atoms with E-state index >= 15 is 0 Å². The van der Waals surface area contributed by atoms with E-state index in [1.807, 2.05) is 0 Å². The van der Waals surface area contributed by atoms with Crippen LogP contribution in [0.25, 0.3) is 11.3 Å². The van der Waals surface area contributed by atoms with Gasteiger partial charge in [0.1, 0.15) is 0 Å². The van der Waals surface area contributed by atoms with Gasteiger partial charge in [0.05, 0.1) is 22.7 Å². The van der Waals surface area contributed by atoms with Crippen LogP contribution in [0.2, 0.25) is 0 Å². The highest BCUT2D eigenvalue weighted by Crippen LogP contribution is 2.32. The molecule has 1 aliphatic carbocycles. The van der Waals surface area contributed by atoms with E-state index in [9.17, 15) is 13.2 Å². The number of halogens is 3. The van der Waals surface area contributed by atoms with Gasteiger partial charge in [-0.15, -0.1) is 0 Å². The highest BCUT2D eigenvalue weighted by molar-refractivity contribution is 6.03. The van der Waals surface area contributed by atoms with Gasteiger partial charge in [0.2, 0.25) is 0 Å². The Balaban J connectivity index is 2.06. The van der Waals surface area contributed by atoms with Crippen molar-refractivity contribution in [2.75, 3.05) is 0 Å². The van der Waals surface area contributed by atoms with E-state index in [0.717, 1.165) is 36.2 Å². The lowest BCUT2D eigenvalue weighted by Gasteiger charge is -2.21. The Morgan fingerprint density at radius 3 is 2.65 bits per heavy atom. The van der Waals surface area contributed by atoms with Crippen LogP contribution in [0.4, 0.5) is 13.2 Å². The fourth-order valence-corrected chi connectivity index (χ4v) is 2.78. The minimum absolute atomic E-state index is 0.360. The Hall–Kier alpha value is -2.44. The molecule has 120 valence electrons. The second-order valence-corrected chi connectivity index (χ2v) is 5.76. The van der Waals surface area contributed by atoms with Crippen LogP contribution in [-0.4, -0.2) is 15.9 Å². The number of benzene rings is 1. The van der Waals surface area contributed by atoms with Gasteiger partial charge in [0, 0.05) is 11.1 Å². The highest BCUT2D eigenvalue weighted by atomic mass is 19.4. The van der Waals surface area contributed by atoms with Crippen LogP contribution in [0.15, 0.2) is 35.4 Å². The molecular formula is C16H15F3N4. The zero-order valence-electron chi connectivity index (χ0n) is 12.4. The van der Waals surface area contributed by atoms with Crippen LogP contribution in [0.1, 0.15) is 30.2 Å². The normalized spacial score (nSPS) is 19.7. The molecule has 1 aromatic heterocycles. The summed E-state index contributed by atoms with van der Waals surface area (Å²) in [6.07, 6.45) is -2.92. The third kappa shape index (κ3) is 3.04. The number of hydrogen-bond acceptors (Lipinski definition) is 4. The van der Waals surface area contributed by atoms with Crippen LogP contribution < -0.4 is 5.84 Å². The molecule has 1 atom stereocenters. The van der Waals surface area contributed by atoms with Gasteiger partial charge in [0.25, 0.3) is 0 Å². The molecule has 0 fully saturated rings. The van der Waals surface area contributed by atoms with Gasteiger partial charge in [-0.3, -0.25) is 0 Å². The van der Waals surface area contributed by atoms with E-state index in [-0.39, 0.29) is 0 Å². The minimum Gasteiger partial charge on any atom is -0.323 e.